The lowest BCUT2D eigenvalue weighted by Crippen LogP contribution is -2.33. The second kappa shape index (κ2) is 8.67. The molecule has 5 nitrogen and oxygen atoms in total. The van der Waals surface area contributed by atoms with E-state index in [2.05, 4.69) is 24.2 Å². The summed E-state index contributed by atoms with van der Waals surface area (Å²) in [6, 6.07) is 7.32. The van der Waals surface area contributed by atoms with Crippen molar-refractivity contribution in [3.8, 4) is 0 Å². The number of nitrogens with zero attached hydrogens (tertiary/aromatic N) is 2. The second-order valence-corrected chi connectivity index (χ2v) is 6.11. The highest BCUT2D eigenvalue weighted by Gasteiger charge is 2.22. The van der Waals surface area contributed by atoms with E-state index in [0.717, 1.165) is 31.7 Å². The average Bonchev–Trinajstić information content (AvgIpc) is 2.99. The van der Waals surface area contributed by atoms with Crippen LogP contribution < -0.4 is 10.2 Å². The number of likely N-dealkylation sites (N-methyl/N-ethyl adjacent to an activating group) is 1. The zero-order valence-electron chi connectivity index (χ0n) is 14.2. The SMILES string of the molecule is CCCCN(C)CCNC(=O)c1cccc(N2CCCC2=O)c1. The zero-order valence-corrected chi connectivity index (χ0v) is 14.2. The standard InChI is InChI=1S/C18H27N3O2/c1-3-4-11-20(2)13-10-19-18(23)15-7-5-8-16(14-15)21-12-6-9-17(21)22/h5,7-8,14H,3-4,6,9-13H2,1-2H3,(H,19,23). The highest BCUT2D eigenvalue weighted by molar-refractivity contribution is 5.99. The molecule has 23 heavy (non-hydrogen) atoms. The van der Waals surface area contributed by atoms with Gasteiger partial charge in [-0.2, -0.15) is 0 Å². The Morgan fingerprint density at radius 2 is 2.17 bits per heavy atom. The summed E-state index contributed by atoms with van der Waals surface area (Å²) >= 11 is 0. The smallest absolute Gasteiger partial charge is 0.251 e. The van der Waals surface area contributed by atoms with Crippen LogP contribution in [0.25, 0.3) is 0 Å². The van der Waals surface area contributed by atoms with Gasteiger partial charge in [0, 0.05) is 37.3 Å². The van der Waals surface area contributed by atoms with Crippen LogP contribution in [0.5, 0.6) is 0 Å². The van der Waals surface area contributed by atoms with E-state index in [-0.39, 0.29) is 11.8 Å². The molecule has 1 aliphatic rings. The van der Waals surface area contributed by atoms with E-state index in [9.17, 15) is 9.59 Å². The molecular formula is C18H27N3O2. The third-order valence-electron chi connectivity index (χ3n) is 4.17. The summed E-state index contributed by atoms with van der Waals surface area (Å²) in [5.74, 6) is 0.0579. The zero-order chi connectivity index (χ0) is 16.7. The first kappa shape index (κ1) is 17.5. The maximum atomic E-state index is 12.3. The molecule has 0 atom stereocenters. The highest BCUT2D eigenvalue weighted by Crippen LogP contribution is 2.22. The fourth-order valence-electron chi connectivity index (χ4n) is 2.74. The second-order valence-electron chi connectivity index (χ2n) is 6.11. The number of hydrogen-bond donors (Lipinski definition) is 1. The van der Waals surface area contributed by atoms with Crippen molar-refractivity contribution in [3.05, 3.63) is 29.8 Å². The average molecular weight is 317 g/mol. The van der Waals surface area contributed by atoms with Crippen LogP contribution in [-0.4, -0.2) is 49.9 Å². The largest absolute Gasteiger partial charge is 0.351 e. The minimum absolute atomic E-state index is 0.0811. The van der Waals surface area contributed by atoms with Crippen molar-refractivity contribution in [2.24, 2.45) is 0 Å². The Hall–Kier alpha value is -1.88. The van der Waals surface area contributed by atoms with Gasteiger partial charge in [0.25, 0.3) is 5.91 Å². The van der Waals surface area contributed by atoms with Crippen molar-refractivity contribution in [3.63, 3.8) is 0 Å². The summed E-state index contributed by atoms with van der Waals surface area (Å²) in [4.78, 5) is 28.0. The first-order chi connectivity index (χ1) is 11.1. The quantitative estimate of drug-likeness (QED) is 0.800. The monoisotopic (exact) mass is 317 g/mol. The van der Waals surface area contributed by atoms with Crippen molar-refractivity contribution in [2.75, 3.05) is 38.1 Å². The summed E-state index contributed by atoms with van der Waals surface area (Å²) in [6.45, 7) is 5.45. The van der Waals surface area contributed by atoms with E-state index in [1.165, 1.54) is 12.8 Å². The number of unbranched alkanes of at least 4 members (excludes halogenated alkanes) is 1. The molecule has 0 radical (unpaired) electrons. The molecule has 0 saturated carbocycles. The van der Waals surface area contributed by atoms with Crippen molar-refractivity contribution < 1.29 is 9.59 Å². The predicted molar refractivity (Wildman–Crippen MR) is 92.8 cm³/mol. The van der Waals surface area contributed by atoms with Crippen LogP contribution in [0.4, 0.5) is 5.69 Å². The maximum Gasteiger partial charge on any atom is 0.251 e. The highest BCUT2D eigenvalue weighted by atomic mass is 16.2. The maximum absolute atomic E-state index is 12.3. The fraction of sp³-hybridized carbons (Fsp3) is 0.556. The molecule has 0 bridgehead atoms. The third kappa shape index (κ3) is 5.06. The molecule has 2 rings (SSSR count). The molecule has 1 saturated heterocycles. The van der Waals surface area contributed by atoms with Gasteiger partial charge in [-0.3, -0.25) is 9.59 Å². The van der Waals surface area contributed by atoms with Gasteiger partial charge in [-0.15, -0.1) is 0 Å². The Morgan fingerprint density at radius 1 is 1.35 bits per heavy atom. The van der Waals surface area contributed by atoms with Gasteiger partial charge < -0.3 is 15.1 Å². The number of nitrogens with one attached hydrogen (secondary N) is 1. The van der Waals surface area contributed by atoms with E-state index >= 15 is 0 Å². The van der Waals surface area contributed by atoms with Crippen LogP contribution in [0.3, 0.4) is 0 Å². The molecule has 126 valence electrons. The van der Waals surface area contributed by atoms with Crippen LogP contribution in [0.1, 0.15) is 43.0 Å². The van der Waals surface area contributed by atoms with Crippen molar-refractivity contribution >= 4 is 17.5 Å². The van der Waals surface area contributed by atoms with Crippen molar-refractivity contribution in [2.45, 2.75) is 32.6 Å². The van der Waals surface area contributed by atoms with E-state index < -0.39 is 0 Å². The predicted octanol–water partition coefficient (Wildman–Crippen LogP) is 2.28. The molecule has 1 fully saturated rings. The topological polar surface area (TPSA) is 52.7 Å². The number of hydrogen-bond acceptors (Lipinski definition) is 3. The van der Waals surface area contributed by atoms with Gasteiger partial charge in [0.1, 0.15) is 0 Å². The van der Waals surface area contributed by atoms with E-state index in [1.807, 2.05) is 12.1 Å². The molecule has 0 aromatic heterocycles. The van der Waals surface area contributed by atoms with Gasteiger partial charge in [0.2, 0.25) is 5.91 Å². The Kier molecular flexibility index (Phi) is 6.59. The van der Waals surface area contributed by atoms with Gasteiger partial charge in [-0.05, 0) is 44.6 Å². The summed E-state index contributed by atoms with van der Waals surface area (Å²) in [6.07, 6.45) is 3.84. The first-order valence-electron chi connectivity index (χ1n) is 8.49. The molecule has 1 aromatic rings. The van der Waals surface area contributed by atoms with Crippen molar-refractivity contribution in [1.29, 1.82) is 0 Å². The van der Waals surface area contributed by atoms with Gasteiger partial charge in [-0.1, -0.05) is 19.4 Å². The van der Waals surface area contributed by atoms with Crippen LogP contribution in [0.2, 0.25) is 0 Å². The normalized spacial score (nSPS) is 14.6. The number of carbonyl (C=O) groups excluding carboxylic acids is 2. The van der Waals surface area contributed by atoms with Crippen LogP contribution >= 0.6 is 0 Å². The van der Waals surface area contributed by atoms with Crippen LogP contribution in [0.15, 0.2) is 24.3 Å². The Balaban J connectivity index is 1.86. The van der Waals surface area contributed by atoms with Gasteiger partial charge in [0.15, 0.2) is 0 Å². The van der Waals surface area contributed by atoms with Crippen LogP contribution in [-0.2, 0) is 4.79 Å². The van der Waals surface area contributed by atoms with Gasteiger partial charge in [-0.25, -0.2) is 0 Å². The number of rotatable bonds is 8. The van der Waals surface area contributed by atoms with Gasteiger partial charge in [0.05, 0.1) is 0 Å². The van der Waals surface area contributed by atoms with Crippen LogP contribution in [0, 0.1) is 0 Å². The van der Waals surface area contributed by atoms with Gasteiger partial charge >= 0.3 is 0 Å². The Bertz CT molecular complexity index is 545. The number of amides is 2. The fourth-order valence-corrected chi connectivity index (χ4v) is 2.74. The Morgan fingerprint density at radius 3 is 2.87 bits per heavy atom. The first-order valence-corrected chi connectivity index (χ1v) is 8.49. The number of benzene rings is 1. The molecule has 1 aliphatic heterocycles. The number of anilines is 1. The molecule has 0 aliphatic carbocycles. The number of carbonyl (C=O) groups is 2. The van der Waals surface area contributed by atoms with E-state index in [1.54, 1.807) is 17.0 Å². The summed E-state index contributed by atoms with van der Waals surface area (Å²) in [5, 5.41) is 2.95. The lowest BCUT2D eigenvalue weighted by Gasteiger charge is -2.17. The van der Waals surface area contributed by atoms with Crippen molar-refractivity contribution in [1.82, 2.24) is 10.2 Å². The molecule has 2 amide bonds. The molecule has 0 unspecified atom stereocenters. The third-order valence-corrected chi connectivity index (χ3v) is 4.17. The summed E-state index contributed by atoms with van der Waals surface area (Å²) in [5.41, 5.74) is 1.43. The molecule has 1 N–H and O–H groups in total. The molecule has 1 heterocycles. The Labute approximate surface area is 138 Å². The minimum Gasteiger partial charge on any atom is -0.351 e. The summed E-state index contributed by atoms with van der Waals surface area (Å²) in [7, 11) is 2.07. The molecule has 0 spiro atoms. The summed E-state index contributed by atoms with van der Waals surface area (Å²) < 4.78 is 0. The molecule has 1 aromatic carbocycles. The van der Waals surface area contributed by atoms with E-state index in [0.29, 0.717) is 18.5 Å². The lowest BCUT2D eigenvalue weighted by molar-refractivity contribution is -0.117. The molecular weight excluding hydrogens is 290 g/mol. The van der Waals surface area contributed by atoms with E-state index in [4.69, 9.17) is 0 Å². The molecule has 5 heteroatoms. The minimum atomic E-state index is -0.0811. The lowest BCUT2D eigenvalue weighted by atomic mass is 10.1.